The Hall–Kier alpha value is -2.59. The first-order valence-electron chi connectivity index (χ1n) is 8.78. The summed E-state index contributed by atoms with van der Waals surface area (Å²) in [6.07, 6.45) is 0.840. The molecule has 3 nitrogen and oxygen atoms in total. The predicted octanol–water partition coefficient (Wildman–Crippen LogP) is 5.91. The summed E-state index contributed by atoms with van der Waals surface area (Å²) in [5, 5.41) is 0. The van der Waals surface area contributed by atoms with Crippen LogP contribution in [-0.4, -0.2) is 12.6 Å². The molecule has 0 radical (unpaired) electrons. The molecule has 0 heterocycles. The predicted molar refractivity (Wildman–Crippen MR) is 111 cm³/mol. The Kier molecular flexibility index (Phi) is 6.30. The topological polar surface area (TPSA) is 35.5 Å². The molecule has 0 atom stereocenters. The quantitative estimate of drug-likeness (QED) is 0.364. The maximum Gasteiger partial charge on any atom is 0.343 e. The first kappa shape index (κ1) is 19.2. The Bertz CT molecular complexity index is 895. The van der Waals surface area contributed by atoms with Crippen molar-refractivity contribution in [3.05, 3.63) is 93.5 Å². The molecule has 0 spiro atoms. The number of halogens is 1. The van der Waals surface area contributed by atoms with E-state index in [4.69, 9.17) is 9.47 Å². The van der Waals surface area contributed by atoms with Gasteiger partial charge in [0.2, 0.25) is 0 Å². The van der Waals surface area contributed by atoms with E-state index in [1.807, 2.05) is 44.2 Å². The molecule has 4 heteroatoms. The zero-order chi connectivity index (χ0) is 19.2. The van der Waals surface area contributed by atoms with E-state index in [-0.39, 0.29) is 5.97 Å². The Morgan fingerprint density at radius 3 is 2.19 bits per heavy atom. The average Bonchev–Trinajstić information content (AvgIpc) is 2.66. The van der Waals surface area contributed by atoms with E-state index < -0.39 is 0 Å². The molecular formula is C23H21BrO3. The van der Waals surface area contributed by atoms with Gasteiger partial charge in [-0.3, -0.25) is 0 Å². The van der Waals surface area contributed by atoms with Crippen LogP contribution in [0.25, 0.3) is 0 Å². The van der Waals surface area contributed by atoms with Crippen LogP contribution < -0.4 is 9.47 Å². The van der Waals surface area contributed by atoms with Gasteiger partial charge in [0.15, 0.2) is 0 Å². The van der Waals surface area contributed by atoms with Gasteiger partial charge in [-0.25, -0.2) is 4.79 Å². The summed E-state index contributed by atoms with van der Waals surface area (Å²) >= 11 is 3.45. The summed E-state index contributed by atoms with van der Waals surface area (Å²) in [7, 11) is 0. The van der Waals surface area contributed by atoms with Crippen molar-refractivity contribution in [2.75, 3.05) is 6.61 Å². The van der Waals surface area contributed by atoms with Crippen LogP contribution in [0.4, 0.5) is 0 Å². The third-order valence-corrected chi connectivity index (χ3v) is 4.67. The average molecular weight is 425 g/mol. The van der Waals surface area contributed by atoms with Crippen LogP contribution in [0.2, 0.25) is 0 Å². The lowest BCUT2D eigenvalue weighted by atomic mass is 10.1. The largest absolute Gasteiger partial charge is 0.493 e. The van der Waals surface area contributed by atoms with Crippen molar-refractivity contribution in [1.29, 1.82) is 0 Å². The number of ether oxygens (including phenoxy) is 2. The lowest BCUT2D eigenvalue weighted by Crippen LogP contribution is -2.10. The summed E-state index contributed by atoms with van der Waals surface area (Å²) in [5.74, 6) is 0.962. The Labute approximate surface area is 168 Å². The molecule has 0 aliphatic carbocycles. The number of carbonyl (C=O) groups excluding carboxylic acids is 1. The Morgan fingerprint density at radius 2 is 1.56 bits per heavy atom. The van der Waals surface area contributed by atoms with Crippen LogP contribution in [0.5, 0.6) is 11.5 Å². The number of esters is 1. The van der Waals surface area contributed by atoms with Crippen LogP contribution in [0.15, 0.2) is 71.2 Å². The van der Waals surface area contributed by atoms with Gasteiger partial charge < -0.3 is 9.47 Å². The van der Waals surface area contributed by atoms with Crippen molar-refractivity contribution in [1.82, 2.24) is 0 Å². The molecule has 3 rings (SSSR count). The zero-order valence-electron chi connectivity index (χ0n) is 15.4. The van der Waals surface area contributed by atoms with Crippen molar-refractivity contribution < 1.29 is 14.3 Å². The maximum atomic E-state index is 12.4. The van der Waals surface area contributed by atoms with E-state index in [0.29, 0.717) is 17.9 Å². The van der Waals surface area contributed by atoms with E-state index in [9.17, 15) is 4.79 Å². The van der Waals surface area contributed by atoms with E-state index in [1.54, 1.807) is 24.3 Å². The Balaban J connectivity index is 1.59. The number of aryl methyl sites for hydroxylation is 2. The van der Waals surface area contributed by atoms with E-state index in [0.717, 1.165) is 27.8 Å². The highest BCUT2D eigenvalue weighted by molar-refractivity contribution is 9.10. The Morgan fingerprint density at radius 1 is 0.926 bits per heavy atom. The molecule has 0 amide bonds. The summed E-state index contributed by atoms with van der Waals surface area (Å²) in [5.41, 5.74) is 3.55. The van der Waals surface area contributed by atoms with Gasteiger partial charge in [0.05, 0.1) is 12.2 Å². The van der Waals surface area contributed by atoms with Crippen molar-refractivity contribution in [2.45, 2.75) is 20.3 Å². The van der Waals surface area contributed by atoms with Gasteiger partial charge in [-0.15, -0.1) is 0 Å². The molecule has 0 aromatic heterocycles. The fraction of sp³-hybridized carbons (Fsp3) is 0.174. The van der Waals surface area contributed by atoms with Gasteiger partial charge in [-0.05, 0) is 66.9 Å². The SMILES string of the molecule is Cc1cc(Br)cc(C)c1OC(=O)c1ccc(OCCc2ccccc2)cc1. The van der Waals surface area contributed by atoms with E-state index >= 15 is 0 Å². The van der Waals surface area contributed by atoms with Gasteiger partial charge in [-0.2, -0.15) is 0 Å². The smallest absolute Gasteiger partial charge is 0.343 e. The third-order valence-electron chi connectivity index (χ3n) is 4.21. The lowest BCUT2D eigenvalue weighted by molar-refractivity contribution is 0.0732. The van der Waals surface area contributed by atoms with Crippen molar-refractivity contribution in [3.63, 3.8) is 0 Å². The van der Waals surface area contributed by atoms with Crippen LogP contribution in [0, 0.1) is 13.8 Å². The maximum absolute atomic E-state index is 12.4. The van der Waals surface area contributed by atoms with Gasteiger partial charge in [0.1, 0.15) is 11.5 Å². The number of benzene rings is 3. The molecule has 138 valence electrons. The second kappa shape index (κ2) is 8.87. The number of hydrogen-bond acceptors (Lipinski definition) is 3. The van der Waals surface area contributed by atoms with Gasteiger partial charge in [0, 0.05) is 10.9 Å². The minimum absolute atomic E-state index is 0.376. The zero-order valence-corrected chi connectivity index (χ0v) is 17.0. The number of carbonyl (C=O) groups is 1. The summed E-state index contributed by atoms with van der Waals surface area (Å²) < 4.78 is 12.3. The highest BCUT2D eigenvalue weighted by Gasteiger charge is 2.13. The third kappa shape index (κ3) is 5.20. The number of hydrogen-bond donors (Lipinski definition) is 0. The van der Waals surface area contributed by atoms with Gasteiger partial charge >= 0.3 is 5.97 Å². The molecule has 3 aromatic rings. The normalized spacial score (nSPS) is 10.5. The molecule has 0 aliphatic rings. The fourth-order valence-electron chi connectivity index (χ4n) is 2.83. The molecular weight excluding hydrogens is 404 g/mol. The summed E-state index contributed by atoms with van der Waals surface area (Å²) in [4.78, 5) is 12.4. The summed E-state index contributed by atoms with van der Waals surface area (Å²) in [6.45, 7) is 4.43. The van der Waals surface area contributed by atoms with Crippen molar-refractivity contribution >= 4 is 21.9 Å². The minimum Gasteiger partial charge on any atom is -0.493 e. The number of rotatable bonds is 6. The van der Waals surface area contributed by atoms with Crippen molar-refractivity contribution in [3.8, 4) is 11.5 Å². The highest BCUT2D eigenvalue weighted by Crippen LogP contribution is 2.28. The van der Waals surface area contributed by atoms with Crippen molar-refractivity contribution in [2.24, 2.45) is 0 Å². The first-order chi connectivity index (χ1) is 13.0. The fourth-order valence-corrected chi connectivity index (χ4v) is 3.52. The standard InChI is InChI=1S/C23H21BrO3/c1-16-14-20(24)15-17(2)22(16)27-23(25)19-8-10-21(11-9-19)26-13-12-18-6-4-3-5-7-18/h3-11,14-15H,12-13H2,1-2H3. The van der Waals surface area contributed by atoms with E-state index in [2.05, 4.69) is 28.1 Å². The van der Waals surface area contributed by atoms with Gasteiger partial charge in [0.25, 0.3) is 0 Å². The molecule has 0 fully saturated rings. The second-order valence-corrected chi connectivity index (χ2v) is 7.28. The molecule has 0 saturated carbocycles. The lowest BCUT2D eigenvalue weighted by Gasteiger charge is -2.11. The highest BCUT2D eigenvalue weighted by atomic mass is 79.9. The molecule has 0 unspecified atom stereocenters. The molecule has 0 N–H and O–H groups in total. The minimum atomic E-state index is -0.376. The molecule has 27 heavy (non-hydrogen) atoms. The first-order valence-corrected chi connectivity index (χ1v) is 9.58. The van der Waals surface area contributed by atoms with Crippen LogP contribution >= 0.6 is 15.9 Å². The molecule has 0 saturated heterocycles. The van der Waals surface area contributed by atoms with Gasteiger partial charge in [-0.1, -0.05) is 46.3 Å². The second-order valence-electron chi connectivity index (χ2n) is 6.37. The molecule has 3 aromatic carbocycles. The summed E-state index contributed by atoms with van der Waals surface area (Å²) in [6, 6.07) is 21.1. The van der Waals surface area contributed by atoms with Crippen LogP contribution in [-0.2, 0) is 6.42 Å². The van der Waals surface area contributed by atoms with E-state index in [1.165, 1.54) is 5.56 Å². The molecule has 0 bridgehead atoms. The van der Waals surface area contributed by atoms with Crippen LogP contribution in [0.3, 0.4) is 0 Å². The van der Waals surface area contributed by atoms with Crippen LogP contribution in [0.1, 0.15) is 27.0 Å². The monoisotopic (exact) mass is 424 g/mol. The molecule has 0 aliphatic heterocycles.